The molecule has 2 aromatic rings. The number of carbonyl (C=O) groups excluding carboxylic acids is 2. The molecule has 0 bridgehead atoms. The number of amides is 3. The van der Waals surface area contributed by atoms with Crippen molar-refractivity contribution in [1.29, 1.82) is 0 Å². The molecular formula is C26H34FN3O4. The van der Waals surface area contributed by atoms with Crippen LogP contribution in [0.4, 0.5) is 9.18 Å². The highest BCUT2D eigenvalue weighted by atomic mass is 19.1. The van der Waals surface area contributed by atoms with Crippen LogP contribution in [0.15, 0.2) is 48.5 Å². The third kappa shape index (κ3) is 7.37. The van der Waals surface area contributed by atoms with Crippen LogP contribution in [-0.4, -0.2) is 48.7 Å². The second-order valence-corrected chi connectivity index (χ2v) is 8.32. The fourth-order valence-electron chi connectivity index (χ4n) is 3.96. The fourth-order valence-corrected chi connectivity index (χ4v) is 3.96. The van der Waals surface area contributed by atoms with Crippen LogP contribution >= 0.6 is 0 Å². The highest BCUT2D eigenvalue weighted by Crippen LogP contribution is 2.29. The van der Waals surface area contributed by atoms with Crippen LogP contribution in [0.5, 0.6) is 11.5 Å². The van der Waals surface area contributed by atoms with E-state index in [0.29, 0.717) is 39.0 Å². The van der Waals surface area contributed by atoms with Gasteiger partial charge < -0.3 is 25.0 Å². The van der Waals surface area contributed by atoms with Gasteiger partial charge in [-0.3, -0.25) is 4.79 Å². The van der Waals surface area contributed by atoms with Crippen LogP contribution in [0, 0.1) is 5.82 Å². The highest BCUT2D eigenvalue weighted by molar-refractivity contribution is 5.87. The standard InChI is InChI=1S/C26H34FN3O4/c1-3-7-22(29-26(32)28-18-19-10-12-20(27)13-11-19)25(31)30-16-14-21(15-17-30)34-24-9-6-5-8-23(24)33-4-2/h5-6,8-13,21-22H,3-4,7,14-18H2,1-2H3,(H2,28,29,32). The van der Waals surface area contributed by atoms with Gasteiger partial charge in [0.15, 0.2) is 11.5 Å². The van der Waals surface area contributed by atoms with E-state index < -0.39 is 12.1 Å². The van der Waals surface area contributed by atoms with E-state index in [1.165, 1.54) is 12.1 Å². The van der Waals surface area contributed by atoms with Gasteiger partial charge in [-0.05, 0) is 43.2 Å². The number of piperidine rings is 1. The topological polar surface area (TPSA) is 79.9 Å². The molecule has 8 heteroatoms. The molecule has 1 aliphatic rings. The van der Waals surface area contributed by atoms with E-state index in [4.69, 9.17) is 9.47 Å². The molecule has 2 N–H and O–H groups in total. The zero-order valence-corrected chi connectivity index (χ0v) is 19.9. The Labute approximate surface area is 200 Å². The highest BCUT2D eigenvalue weighted by Gasteiger charge is 2.29. The molecule has 1 fully saturated rings. The Bertz CT molecular complexity index is 930. The van der Waals surface area contributed by atoms with Crippen LogP contribution < -0.4 is 20.1 Å². The lowest BCUT2D eigenvalue weighted by molar-refractivity contribution is -0.135. The molecule has 34 heavy (non-hydrogen) atoms. The summed E-state index contributed by atoms with van der Waals surface area (Å²) in [7, 11) is 0. The molecule has 7 nitrogen and oxygen atoms in total. The Morgan fingerprint density at radius 3 is 2.38 bits per heavy atom. The van der Waals surface area contributed by atoms with E-state index in [1.807, 2.05) is 38.1 Å². The maximum Gasteiger partial charge on any atom is 0.315 e. The second kappa shape index (κ2) is 12.8. The number of ether oxygens (including phenoxy) is 2. The smallest absolute Gasteiger partial charge is 0.315 e. The van der Waals surface area contributed by atoms with Crippen LogP contribution in [0.3, 0.4) is 0 Å². The maximum absolute atomic E-state index is 13.1. The number of rotatable bonds is 10. The summed E-state index contributed by atoms with van der Waals surface area (Å²) in [6, 6.07) is 12.5. The number of para-hydroxylation sites is 2. The summed E-state index contributed by atoms with van der Waals surface area (Å²) in [6.45, 7) is 5.87. The number of halogens is 1. The van der Waals surface area contributed by atoms with Crippen LogP contribution in [0.2, 0.25) is 0 Å². The Kier molecular flexibility index (Phi) is 9.55. The molecule has 3 amide bonds. The lowest BCUT2D eigenvalue weighted by atomic mass is 10.0. The van der Waals surface area contributed by atoms with E-state index in [9.17, 15) is 14.0 Å². The van der Waals surface area contributed by atoms with Gasteiger partial charge in [-0.15, -0.1) is 0 Å². The fraction of sp³-hybridized carbons (Fsp3) is 0.462. The van der Waals surface area contributed by atoms with Crippen molar-refractivity contribution in [2.45, 2.75) is 58.2 Å². The van der Waals surface area contributed by atoms with Gasteiger partial charge in [-0.25, -0.2) is 9.18 Å². The SMILES string of the molecule is CCCC(NC(=O)NCc1ccc(F)cc1)C(=O)N1CCC(Oc2ccccc2OCC)CC1. The van der Waals surface area contributed by atoms with E-state index in [1.54, 1.807) is 17.0 Å². The Hall–Kier alpha value is -3.29. The molecule has 3 rings (SSSR count). The number of urea groups is 1. The Balaban J connectivity index is 1.49. The minimum Gasteiger partial charge on any atom is -0.490 e. The number of hydrogen-bond acceptors (Lipinski definition) is 4. The van der Waals surface area contributed by atoms with E-state index in [0.717, 1.165) is 23.5 Å². The summed E-state index contributed by atoms with van der Waals surface area (Å²) < 4.78 is 24.8. The maximum atomic E-state index is 13.1. The average Bonchev–Trinajstić information content (AvgIpc) is 2.85. The normalized spacial score (nSPS) is 14.9. The van der Waals surface area contributed by atoms with Crippen molar-refractivity contribution in [3.05, 3.63) is 59.9 Å². The molecule has 1 aliphatic heterocycles. The zero-order valence-electron chi connectivity index (χ0n) is 19.9. The lowest BCUT2D eigenvalue weighted by Gasteiger charge is -2.34. The first-order valence-electron chi connectivity index (χ1n) is 12.0. The van der Waals surface area contributed by atoms with Crippen molar-refractivity contribution in [1.82, 2.24) is 15.5 Å². The van der Waals surface area contributed by atoms with Crippen molar-refractivity contribution in [2.75, 3.05) is 19.7 Å². The number of hydrogen-bond donors (Lipinski definition) is 2. The number of nitrogens with one attached hydrogen (secondary N) is 2. The predicted octanol–water partition coefficient (Wildman–Crippen LogP) is 4.26. The van der Waals surface area contributed by atoms with Crippen molar-refractivity contribution in [3.8, 4) is 11.5 Å². The monoisotopic (exact) mass is 471 g/mol. The summed E-state index contributed by atoms with van der Waals surface area (Å²) in [5.41, 5.74) is 0.780. The molecule has 1 heterocycles. The van der Waals surface area contributed by atoms with Crippen molar-refractivity contribution in [2.24, 2.45) is 0 Å². The summed E-state index contributed by atoms with van der Waals surface area (Å²) >= 11 is 0. The molecule has 0 spiro atoms. The van der Waals surface area contributed by atoms with E-state index in [-0.39, 0.29) is 24.4 Å². The molecule has 0 aliphatic carbocycles. The van der Waals surface area contributed by atoms with Gasteiger partial charge in [0.05, 0.1) is 6.61 Å². The van der Waals surface area contributed by atoms with Gasteiger partial charge in [0.2, 0.25) is 5.91 Å². The number of likely N-dealkylation sites (tertiary alicyclic amines) is 1. The third-order valence-corrected chi connectivity index (χ3v) is 5.74. The quantitative estimate of drug-likeness (QED) is 0.543. The molecule has 1 saturated heterocycles. The molecule has 1 unspecified atom stereocenters. The Morgan fingerprint density at radius 2 is 1.74 bits per heavy atom. The molecular weight excluding hydrogens is 437 g/mol. The summed E-state index contributed by atoms with van der Waals surface area (Å²) in [5, 5.41) is 5.55. The van der Waals surface area contributed by atoms with Gasteiger partial charge in [0.25, 0.3) is 0 Å². The van der Waals surface area contributed by atoms with Gasteiger partial charge in [-0.2, -0.15) is 0 Å². The van der Waals surface area contributed by atoms with Crippen LogP contribution in [-0.2, 0) is 11.3 Å². The minimum absolute atomic E-state index is 0.00208. The zero-order chi connectivity index (χ0) is 24.3. The minimum atomic E-state index is -0.589. The van der Waals surface area contributed by atoms with E-state index >= 15 is 0 Å². The first-order chi connectivity index (χ1) is 16.5. The van der Waals surface area contributed by atoms with Crippen molar-refractivity contribution in [3.63, 3.8) is 0 Å². The molecule has 2 aromatic carbocycles. The lowest BCUT2D eigenvalue weighted by Crippen LogP contribution is -2.53. The Morgan fingerprint density at radius 1 is 1.06 bits per heavy atom. The van der Waals surface area contributed by atoms with E-state index in [2.05, 4.69) is 10.6 Å². The van der Waals surface area contributed by atoms with Gasteiger partial charge >= 0.3 is 6.03 Å². The molecule has 0 aromatic heterocycles. The third-order valence-electron chi connectivity index (χ3n) is 5.74. The molecule has 0 saturated carbocycles. The van der Waals surface area contributed by atoms with Gasteiger partial charge in [-0.1, -0.05) is 37.6 Å². The van der Waals surface area contributed by atoms with Crippen LogP contribution in [0.25, 0.3) is 0 Å². The first-order valence-corrected chi connectivity index (χ1v) is 12.0. The summed E-state index contributed by atoms with van der Waals surface area (Å²) in [5.74, 6) is 1.04. The largest absolute Gasteiger partial charge is 0.490 e. The molecule has 184 valence electrons. The van der Waals surface area contributed by atoms with Gasteiger partial charge in [0, 0.05) is 32.5 Å². The molecule has 1 atom stereocenters. The molecule has 0 radical (unpaired) electrons. The predicted molar refractivity (Wildman–Crippen MR) is 128 cm³/mol. The van der Waals surface area contributed by atoms with Crippen molar-refractivity contribution >= 4 is 11.9 Å². The second-order valence-electron chi connectivity index (χ2n) is 8.32. The average molecular weight is 472 g/mol. The van der Waals surface area contributed by atoms with Crippen molar-refractivity contribution < 1.29 is 23.5 Å². The summed E-state index contributed by atoms with van der Waals surface area (Å²) in [6.07, 6.45) is 2.75. The van der Waals surface area contributed by atoms with Gasteiger partial charge in [0.1, 0.15) is 18.0 Å². The first kappa shape index (κ1) is 25.3. The number of carbonyl (C=O) groups is 2. The van der Waals surface area contributed by atoms with Crippen LogP contribution in [0.1, 0.15) is 45.1 Å². The summed E-state index contributed by atoms with van der Waals surface area (Å²) in [4.78, 5) is 27.3. The number of nitrogens with zero attached hydrogens (tertiary/aromatic N) is 1. The number of benzene rings is 2.